The molecule has 4 nitrogen and oxygen atoms in total. The van der Waals surface area contributed by atoms with Gasteiger partial charge in [-0.25, -0.2) is 4.68 Å². The summed E-state index contributed by atoms with van der Waals surface area (Å²) in [7, 11) is 0. The van der Waals surface area contributed by atoms with E-state index in [-0.39, 0.29) is 5.91 Å². The van der Waals surface area contributed by atoms with Gasteiger partial charge in [-0.3, -0.25) is 4.79 Å². The quantitative estimate of drug-likeness (QED) is 0.711. The van der Waals surface area contributed by atoms with Crippen LogP contribution in [0, 0.1) is 13.8 Å². The fourth-order valence-electron chi connectivity index (χ4n) is 2.40. The van der Waals surface area contributed by atoms with E-state index in [2.05, 4.69) is 10.4 Å². The summed E-state index contributed by atoms with van der Waals surface area (Å²) in [5, 5.41) is 8.23. The van der Waals surface area contributed by atoms with Gasteiger partial charge in [0.25, 0.3) is 5.91 Å². The molecule has 1 N–H and O–H groups in total. The minimum Gasteiger partial charge on any atom is -0.321 e. The van der Waals surface area contributed by atoms with E-state index < -0.39 is 0 Å². The van der Waals surface area contributed by atoms with E-state index in [9.17, 15) is 4.79 Å². The molecule has 0 atom stereocenters. The van der Waals surface area contributed by atoms with Crippen molar-refractivity contribution < 1.29 is 4.79 Å². The van der Waals surface area contributed by atoms with Crippen LogP contribution in [0.25, 0.3) is 5.69 Å². The lowest BCUT2D eigenvalue weighted by Crippen LogP contribution is -2.13. The minimum absolute atomic E-state index is 0.271. The standard InChI is InChI=1S/C18H15Cl2N3O/c1-11-4-3-5-14(8-11)21-18(24)16-9-12(2)23(22-16)17-7-6-13(19)10-15(17)20/h3-10H,1-2H3,(H,21,24). The van der Waals surface area contributed by atoms with E-state index in [4.69, 9.17) is 23.2 Å². The predicted octanol–water partition coefficient (Wildman–Crippen LogP) is 5.05. The normalized spacial score (nSPS) is 10.7. The zero-order valence-electron chi connectivity index (χ0n) is 13.2. The van der Waals surface area contributed by atoms with Crippen molar-refractivity contribution in [1.29, 1.82) is 0 Å². The molecule has 0 bridgehead atoms. The monoisotopic (exact) mass is 359 g/mol. The summed E-state index contributed by atoms with van der Waals surface area (Å²) >= 11 is 12.2. The second-order valence-electron chi connectivity index (χ2n) is 5.50. The number of nitrogens with one attached hydrogen (secondary N) is 1. The van der Waals surface area contributed by atoms with Gasteiger partial charge >= 0.3 is 0 Å². The van der Waals surface area contributed by atoms with Gasteiger partial charge < -0.3 is 5.32 Å². The number of hydrogen-bond acceptors (Lipinski definition) is 2. The number of aromatic nitrogens is 2. The fraction of sp³-hybridized carbons (Fsp3) is 0.111. The largest absolute Gasteiger partial charge is 0.321 e. The van der Waals surface area contributed by atoms with Crippen LogP contribution in [0.2, 0.25) is 10.0 Å². The number of benzene rings is 2. The minimum atomic E-state index is -0.271. The van der Waals surface area contributed by atoms with Gasteiger partial charge in [0.2, 0.25) is 0 Å². The number of halogens is 2. The zero-order chi connectivity index (χ0) is 17.3. The number of nitrogens with zero attached hydrogens (tertiary/aromatic N) is 2. The maximum absolute atomic E-state index is 12.4. The van der Waals surface area contributed by atoms with Crippen LogP contribution in [-0.4, -0.2) is 15.7 Å². The molecule has 24 heavy (non-hydrogen) atoms. The molecular formula is C18H15Cl2N3O. The van der Waals surface area contributed by atoms with Gasteiger partial charge in [0.05, 0.1) is 10.7 Å². The smallest absolute Gasteiger partial charge is 0.276 e. The van der Waals surface area contributed by atoms with Crippen molar-refractivity contribution in [2.75, 3.05) is 5.32 Å². The maximum atomic E-state index is 12.4. The molecule has 0 fully saturated rings. The Morgan fingerprint density at radius 1 is 1.08 bits per heavy atom. The Hall–Kier alpha value is -2.30. The molecule has 122 valence electrons. The second kappa shape index (κ2) is 6.67. The molecule has 1 aromatic heterocycles. The number of hydrogen-bond donors (Lipinski definition) is 1. The van der Waals surface area contributed by atoms with Crippen LogP contribution in [0.3, 0.4) is 0 Å². The predicted molar refractivity (Wildman–Crippen MR) is 97.5 cm³/mol. The van der Waals surface area contributed by atoms with E-state index in [1.165, 1.54) is 0 Å². The van der Waals surface area contributed by atoms with Gasteiger partial charge in [-0.1, -0.05) is 35.3 Å². The lowest BCUT2D eigenvalue weighted by Gasteiger charge is -2.07. The molecule has 1 amide bonds. The van der Waals surface area contributed by atoms with Crippen LogP contribution in [0.4, 0.5) is 5.69 Å². The average molecular weight is 360 g/mol. The molecule has 3 rings (SSSR count). The third-order valence-electron chi connectivity index (χ3n) is 3.53. The summed E-state index contributed by atoms with van der Waals surface area (Å²) in [5.41, 5.74) is 3.60. The van der Waals surface area contributed by atoms with E-state index >= 15 is 0 Å². The van der Waals surface area contributed by atoms with E-state index in [1.54, 1.807) is 28.9 Å². The maximum Gasteiger partial charge on any atom is 0.276 e. The molecular weight excluding hydrogens is 345 g/mol. The van der Waals surface area contributed by atoms with Crippen molar-refractivity contribution in [3.8, 4) is 5.69 Å². The van der Waals surface area contributed by atoms with Crippen LogP contribution < -0.4 is 5.32 Å². The van der Waals surface area contributed by atoms with Crippen LogP contribution >= 0.6 is 23.2 Å². The van der Waals surface area contributed by atoms with Crippen molar-refractivity contribution >= 4 is 34.8 Å². The second-order valence-corrected chi connectivity index (χ2v) is 6.35. The lowest BCUT2D eigenvalue weighted by molar-refractivity contribution is 0.102. The summed E-state index contributed by atoms with van der Waals surface area (Å²) in [6.45, 7) is 3.83. The third-order valence-corrected chi connectivity index (χ3v) is 4.07. The van der Waals surface area contributed by atoms with E-state index in [0.29, 0.717) is 21.4 Å². The van der Waals surface area contributed by atoms with Gasteiger partial charge in [-0.05, 0) is 55.8 Å². The Balaban J connectivity index is 1.89. The molecule has 0 saturated heterocycles. The first kappa shape index (κ1) is 16.6. The first-order chi connectivity index (χ1) is 11.4. The SMILES string of the molecule is Cc1cccc(NC(=O)c2cc(C)n(-c3ccc(Cl)cc3Cl)n2)c1. The van der Waals surface area contributed by atoms with Crippen LogP contribution in [0.15, 0.2) is 48.5 Å². The van der Waals surface area contributed by atoms with Crippen molar-refractivity contribution in [3.05, 3.63) is 75.5 Å². The Morgan fingerprint density at radius 3 is 2.58 bits per heavy atom. The molecule has 0 aliphatic heterocycles. The van der Waals surface area contributed by atoms with Crippen molar-refractivity contribution in [3.63, 3.8) is 0 Å². The molecule has 0 aliphatic carbocycles. The first-order valence-corrected chi connectivity index (χ1v) is 8.10. The molecule has 0 radical (unpaired) electrons. The molecule has 2 aromatic carbocycles. The van der Waals surface area contributed by atoms with Crippen LogP contribution in [0.1, 0.15) is 21.7 Å². The highest BCUT2D eigenvalue weighted by Gasteiger charge is 2.15. The van der Waals surface area contributed by atoms with Gasteiger partial charge in [-0.2, -0.15) is 5.10 Å². The summed E-state index contributed by atoms with van der Waals surface area (Å²) in [6, 6.07) is 14.5. The molecule has 6 heteroatoms. The molecule has 0 spiro atoms. The number of anilines is 1. The van der Waals surface area contributed by atoms with Gasteiger partial charge in [0.15, 0.2) is 5.69 Å². The topological polar surface area (TPSA) is 46.9 Å². The average Bonchev–Trinajstić information content (AvgIpc) is 2.89. The molecule has 0 unspecified atom stereocenters. The van der Waals surface area contributed by atoms with Gasteiger partial charge in [0.1, 0.15) is 0 Å². The van der Waals surface area contributed by atoms with E-state index in [0.717, 1.165) is 16.9 Å². The summed E-state index contributed by atoms with van der Waals surface area (Å²) in [4.78, 5) is 12.4. The van der Waals surface area contributed by atoms with Crippen LogP contribution in [0.5, 0.6) is 0 Å². The molecule has 1 heterocycles. The molecule has 3 aromatic rings. The number of carbonyl (C=O) groups is 1. The highest BCUT2D eigenvalue weighted by Crippen LogP contribution is 2.25. The summed E-state index contributed by atoms with van der Waals surface area (Å²) in [6.07, 6.45) is 0. The number of aryl methyl sites for hydroxylation is 2. The Morgan fingerprint density at radius 2 is 1.88 bits per heavy atom. The Labute approximate surface area is 150 Å². The Kier molecular flexibility index (Phi) is 4.60. The highest BCUT2D eigenvalue weighted by molar-refractivity contribution is 6.35. The molecule has 0 aliphatic rings. The van der Waals surface area contributed by atoms with Gasteiger partial charge in [0, 0.05) is 16.4 Å². The van der Waals surface area contributed by atoms with Crippen molar-refractivity contribution in [1.82, 2.24) is 9.78 Å². The summed E-state index contributed by atoms with van der Waals surface area (Å²) < 4.78 is 1.63. The van der Waals surface area contributed by atoms with Gasteiger partial charge in [-0.15, -0.1) is 0 Å². The lowest BCUT2D eigenvalue weighted by atomic mass is 10.2. The van der Waals surface area contributed by atoms with Crippen molar-refractivity contribution in [2.45, 2.75) is 13.8 Å². The fourth-order valence-corrected chi connectivity index (χ4v) is 2.89. The first-order valence-electron chi connectivity index (χ1n) is 7.34. The zero-order valence-corrected chi connectivity index (χ0v) is 14.7. The van der Waals surface area contributed by atoms with E-state index in [1.807, 2.05) is 38.1 Å². The number of amides is 1. The van der Waals surface area contributed by atoms with Crippen LogP contribution in [-0.2, 0) is 0 Å². The number of rotatable bonds is 3. The summed E-state index contributed by atoms with van der Waals surface area (Å²) in [5.74, 6) is -0.271. The third kappa shape index (κ3) is 3.45. The van der Waals surface area contributed by atoms with Crippen molar-refractivity contribution in [2.24, 2.45) is 0 Å². The number of carbonyl (C=O) groups excluding carboxylic acids is 1. The molecule has 0 saturated carbocycles. The highest BCUT2D eigenvalue weighted by atomic mass is 35.5. The Bertz CT molecular complexity index is 918.